The highest BCUT2D eigenvalue weighted by Crippen LogP contribution is 2.47. The van der Waals surface area contributed by atoms with Gasteiger partial charge in [-0.15, -0.1) is 0 Å². The molecule has 0 unspecified atom stereocenters. The molecular weight excluding hydrogens is 432 g/mol. The number of alkyl halides is 1. The Morgan fingerprint density at radius 3 is 2.50 bits per heavy atom. The van der Waals surface area contributed by atoms with Crippen molar-refractivity contribution in [3.05, 3.63) is 33.1 Å². The van der Waals surface area contributed by atoms with Gasteiger partial charge in [-0.3, -0.25) is 14.3 Å². The van der Waals surface area contributed by atoms with Crippen LogP contribution in [0, 0.1) is 0 Å². The zero-order valence-corrected chi connectivity index (χ0v) is 18.2. The Balaban J connectivity index is 2.29. The number of nitrogens with zero attached hydrogens (tertiary/aromatic N) is 1. The van der Waals surface area contributed by atoms with E-state index in [4.69, 9.17) is 14.2 Å². The maximum atomic E-state index is 12.3. The summed E-state index contributed by atoms with van der Waals surface area (Å²) in [4.78, 5) is 26.0. The topological polar surface area (TPSA) is 103 Å². The van der Waals surface area contributed by atoms with Gasteiger partial charge < -0.3 is 19.3 Å². The SMILES string of the molecule is CCCCCO[C@@H]1[C@@H](CO)O[C@@H](n2ccc(=O)[nH]c2=O)[C@]1(Br)OCCCCC. The zero-order chi connectivity index (χ0) is 20.6. The third kappa shape index (κ3) is 5.54. The molecule has 0 spiro atoms. The lowest BCUT2D eigenvalue weighted by Gasteiger charge is -2.33. The number of halogens is 1. The van der Waals surface area contributed by atoms with Crippen LogP contribution >= 0.6 is 15.9 Å². The largest absolute Gasteiger partial charge is 0.394 e. The first-order valence-electron chi connectivity index (χ1n) is 10.00. The molecule has 2 N–H and O–H groups in total. The van der Waals surface area contributed by atoms with Gasteiger partial charge in [-0.05, 0) is 28.8 Å². The van der Waals surface area contributed by atoms with E-state index in [1.165, 1.54) is 16.8 Å². The number of H-pyrrole nitrogens is 1. The molecule has 1 aromatic heterocycles. The van der Waals surface area contributed by atoms with Gasteiger partial charge in [0.2, 0.25) is 0 Å². The molecule has 2 rings (SSSR count). The van der Waals surface area contributed by atoms with Gasteiger partial charge in [0.1, 0.15) is 12.2 Å². The van der Waals surface area contributed by atoms with E-state index in [9.17, 15) is 14.7 Å². The van der Waals surface area contributed by atoms with E-state index in [0.29, 0.717) is 13.2 Å². The Kier molecular flexibility index (Phi) is 9.36. The van der Waals surface area contributed by atoms with Gasteiger partial charge in [-0.25, -0.2) is 4.79 Å². The van der Waals surface area contributed by atoms with Crippen molar-refractivity contribution in [1.82, 2.24) is 9.55 Å². The molecule has 4 atom stereocenters. The number of ether oxygens (including phenoxy) is 3. The van der Waals surface area contributed by atoms with Crippen molar-refractivity contribution in [1.29, 1.82) is 0 Å². The fourth-order valence-corrected chi connectivity index (χ4v) is 4.16. The molecule has 8 nitrogen and oxygen atoms in total. The molecule has 2 heterocycles. The standard InChI is InChI=1S/C19H31BrN2O6/c1-3-5-7-11-26-16-14(13-23)28-17(19(16,20)27-12-8-6-4-2)22-10-9-15(24)21-18(22)25/h9-10,14,16-17,23H,3-8,11-13H2,1-2H3,(H,21,24,25)/t14-,16-,17-,19-/m1/s1. The van der Waals surface area contributed by atoms with Crippen molar-refractivity contribution in [2.24, 2.45) is 0 Å². The van der Waals surface area contributed by atoms with Crippen LogP contribution in [0.1, 0.15) is 58.6 Å². The summed E-state index contributed by atoms with van der Waals surface area (Å²) in [6.45, 7) is 4.88. The molecule has 0 radical (unpaired) electrons. The molecule has 160 valence electrons. The van der Waals surface area contributed by atoms with Crippen LogP contribution in [-0.2, 0) is 14.2 Å². The minimum atomic E-state index is -1.16. The van der Waals surface area contributed by atoms with Crippen LogP contribution in [0.15, 0.2) is 21.9 Å². The monoisotopic (exact) mass is 462 g/mol. The summed E-state index contributed by atoms with van der Waals surface area (Å²) >= 11 is 3.64. The predicted octanol–water partition coefficient (Wildman–Crippen LogP) is 2.30. The van der Waals surface area contributed by atoms with Crippen molar-refractivity contribution in [3.8, 4) is 0 Å². The summed E-state index contributed by atoms with van der Waals surface area (Å²) in [5.41, 5.74) is -1.10. The fraction of sp³-hybridized carbons (Fsp3) is 0.789. The third-order valence-corrected chi connectivity index (χ3v) is 5.84. The first-order valence-corrected chi connectivity index (χ1v) is 10.8. The lowest BCUT2D eigenvalue weighted by molar-refractivity contribution is -0.101. The highest BCUT2D eigenvalue weighted by molar-refractivity contribution is 9.10. The number of aromatic nitrogens is 2. The van der Waals surface area contributed by atoms with Gasteiger partial charge in [0.05, 0.1) is 6.61 Å². The molecule has 9 heteroatoms. The van der Waals surface area contributed by atoms with Gasteiger partial charge in [0, 0.05) is 25.5 Å². The average molecular weight is 463 g/mol. The molecule has 1 saturated heterocycles. The summed E-state index contributed by atoms with van der Waals surface area (Å²) in [5, 5.41) is 9.83. The quantitative estimate of drug-likeness (QED) is 0.364. The van der Waals surface area contributed by atoms with Gasteiger partial charge in [0.15, 0.2) is 10.7 Å². The van der Waals surface area contributed by atoms with E-state index >= 15 is 0 Å². The first kappa shape index (κ1) is 23.3. The molecule has 0 aliphatic carbocycles. The van der Waals surface area contributed by atoms with Crippen molar-refractivity contribution >= 4 is 15.9 Å². The first-order chi connectivity index (χ1) is 13.5. The molecule has 1 aliphatic rings. The fourth-order valence-electron chi connectivity index (χ4n) is 3.25. The van der Waals surface area contributed by atoms with Crippen LogP contribution in [0.4, 0.5) is 0 Å². The minimum Gasteiger partial charge on any atom is -0.394 e. The molecule has 1 fully saturated rings. The summed E-state index contributed by atoms with van der Waals surface area (Å²) in [7, 11) is 0. The molecule has 0 aromatic carbocycles. The van der Waals surface area contributed by atoms with Crippen molar-refractivity contribution in [2.75, 3.05) is 19.8 Å². The van der Waals surface area contributed by atoms with E-state index in [-0.39, 0.29) is 6.61 Å². The molecule has 0 saturated carbocycles. The number of nitrogens with one attached hydrogen (secondary N) is 1. The van der Waals surface area contributed by atoms with Crippen LogP contribution in [0.2, 0.25) is 0 Å². The Morgan fingerprint density at radius 1 is 1.21 bits per heavy atom. The van der Waals surface area contributed by atoms with Crippen molar-refractivity contribution in [3.63, 3.8) is 0 Å². The van der Waals surface area contributed by atoms with Crippen LogP contribution in [0.3, 0.4) is 0 Å². The third-order valence-electron chi connectivity index (χ3n) is 4.77. The van der Waals surface area contributed by atoms with E-state index in [1.54, 1.807) is 0 Å². The van der Waals surface area contributed by atoms with Crippen molar-refractivity contribution < 1.29 is 19.3 Å². The molecular formula is C19H31BrN2O6. The zero-order valence-electron chi connectivity index (χ0n) is 16.6. The maximum Gasteiger partial charge on any atom is 0.330 e. The van der Waals surface area contributed by atoms with Crippen LogP contribution in [-0.4, -0.2) is 51.2 Å². The number of unbranched alkanes of at least 4 members (excludes halogenated alkanes) is 4. The van der Waals surface area contributed by atoms with Crippen LogP contribution < -0.4 is 11.2 Å². The number of aliphatic hydroxyl groups excluding tert-OH is 1. The minimum absolute atomic E-state index is 0.279. The molecule has 28 heavy (non-hydrogen) atoms. The lowest BCUT2D eigenvalue weighted by Crippen LogP contribution is -2.48. The number of aromatic amines is 1. The summed E-state index contributed by atoms with van der Waals surface area (Å²) in [6, 6.07) is 1.25. The van der Waals surface area contributed by atoms with Crippen LogP contribution in [0.5, 0.6) is 0 Å². The Bertz CT molecular complexity index is 708. The van der Waals surface area contributed by atoms with Gasteiger partial charge >= 0.3 is 5.69 Å². The summed E-state index contributed by atoms with van der Waals surface area (Å²) in [6.07, 6.45) is 5.08. The summed E-state index contributed by atoms with van der Waals surface area (Å²) in [5.74, 6) is 0. The second-order valence-electron chi connectivity index (χ2n) is 6.98. The van der Waals surface area contributed by atoms with E-state index in [2.05, 4.69) is 34.8 Å². The van der Waals surface area contributed by atoms with E-state index in [0.717, 1.165) is 38.5 Å². The predicted molar refractivity (Wildman–Crippen MR) is 109 cm³/mol. The number of hydrogen-bond donors (Lipinski definition) is 2. The van der Waals surface area contributed by atoms with E-state index in [1.807, 2.05) is 0 Å². The molecule has 1 aliphatic heterocycles. The van der Waals surface area contributed by atoms with Crippen molar-refractivity contribution in [2.45, 2.75) is 75.3 Å². The Morgan fingerprint density at radius 2 is 1.89 bits per heavy atom. The second-order valence-corrected chi connectivity index (χ2v) is 8.22. The molecule has 0 bridgehead atoms. The number of rotatable bonds is 12. The molecule has 1 aromatic rings. The number of hydrogen-bond acceptors (Lipinski definition) is 6. The van der Waals surface area contributed by atoms with Gasteiger partial charge in [-0.1, -0.05) is 39.5 Å². The Labute approximate surface area is 173 Å². The van der Waals surface area contributed by atoms with Gasteiger partial charge in [-0.2, -0.15) is 0 Å². The normalized spacial score (nSPS) is 27.4. The maximum absolute atomic E-state index is 12.3. The Hall–Kier alpha value is -1.00. The average Bonchev–Trinajstić information content (AvgIpc) is 2.94. The highest BCUT2D eigenvalue weighted by atomic mass is 79.9. The van der Waals surface area contributed by atoms with E-state index < -0.39 is 34.2 Å². The number of aliphatic hydroxyl groups is 1. The lowest BCUT2D eigenvalue weighted by atomic mass is 10.1. The second kappa shape index (κ2) is 11.3. The molecule has 0 amide bonds. The summed E-state index contributed by atoms with van der Waals surface area (Å²) < 4.78 is 18.3. The van der Waals surface area contributed by atoms with Crippen LogP contribution in [0.25, 0.3) is 0 Å². The highest BCUT2D eigenvalue weighted by Gasteiger charge is 2.58. The van der Waals surface area contributed by atoms with Gasteiger partial charge in [0.25, 0.3) is 5.56 Å². The smallest absolute Gasteiger partial charge is 0.330 e.